The highest BCUT2D eigenvalue weighted by Crippen LogP contribution is 2.46. The molecule has 0 N–H and O–H groups in total. The maximum Gasteiger partial charge on any atom is 0.265 e. The van der Waals surface area contributed by atoms with Gasteiger partial charge >= 0.3 is 0 Å². The number of halogens is 1. The van der Waals surface area contributed by atoms with Crippen molar-refractivity contribution in [2.45, 2.75) is 11.8 Å². The van der Waals surface area contributed by atoms with Gasteiger partial charge in [0.1, 0.15) is 11.7 Å². The predicted molar refractivity (Wildman–Crippen MR) is 118 cm³/mol. The lowest BCUT2D eigenvalue weighted by Gasteiger charge is -2.12. The Kier molecular flexibility index (Phi) is 6.87. The van der Waals surface area contributed by atoms with Crippen molar-refractivity contribution in [2.75, 3.05) is 18.6 Å². The minimum Gasteiger partial charge on any atom is -0.726 e. The molecular weight excluding hydrogens is 452 g/mol. The van der Waals surface area contributed by atoms with E-state index in [0.29, 0.717) is 0 Å². The molecule has 29 heavy (non-hydrogen) atoms. The second-order valence-corrected chi connectivity index (χ2v) is 9.65. The summed E-state index contributed by atoms with van der Waals surface area (Å²) >= 11 is 9.72. The summed E-state index contributed by atoms with van der Waals surface area (Å²) in [5, 5.41) is 3.24. The highest BCUT2D eigenvalue weighted by atomic mass is 35.5. The lowest BCUT2D eigenvalue weighted by Crippen LogP contribution is -2.29. The Morgan fingerprint density at radius 1 is 1.28 bits per heavy atom. The summed E-state index contributed by atoms with van der Waals surface area (Å²) in [4.78, 5) is 3.46. The van der Waals surface area contributed by atoms with Crippen LogP contribution >= 0.6 is 34.7 Å². The zero-order valence-corrected chi connectivity index (χ0v) is 19.2. The van der Waals surface area contributed by atoms with Gasteiger partial charge in [-0.3, -0.25) is 4.18 Å². The van der Waals surface area contributed by atoms with Crippen molar-refractivity contribution < 1.29 is 21.7 Å². The maximum absolute atomic E-state index is 9.45. The van der Waals surface area contributed by atoms with E-state index in [0.717, 1.165) is 5.02 Å². The number of thiazole rings is 1. The van der Waals surface area contributed by atoms with Crippen molar-refractivity contribution in [1.82, 2.24) is 0 Å². The minimum absolute atomic E-state index is 0.0914. The fourth-order valence-electron chi connectivity index (χ4n) is 2.76. The summed E-state index contributed by atoms with van der Waals surface area (Å²) in [6, 6.07) is 14.6. The second kappa shape index (κ2) is 9.03. The van der Waals surface area contributed by atoms with Gasteiger partial charge in [0.25, 0.3) is 5.01 Å². The third-order valence-corrected chi connectivity index (χ3v) is 7.20. The van der Waals surface area contributed by atoms with Crippen LogP contribution in [0.25, 0.3) is 16.3 Å². The van der Waals surface area contributed by atoms with Crippen molar-refractivity contribution in [3.05, 3.63) is 57.5 Å². The lowest BCUT2D eigenvalue weighted by atomic mass is 10.3. The molecule has 1 aliphatic heterocycles. The van der Waals surface area contributed by atoms with Crippen molar-refractivity contribution >= 4 is 67.1 Å². The Morgan fingerprint density at radius 3 is 2.62 bits per heavy atom. The van der Waals surface area contributed by atoms with Crippen LogP contribution in [0.4, 0.5) is 5.69 Å². The molecular formula is C19H19ClN2O4S3. The van der Waals surface area contributed by atoms with Gasteiger partial charge < -0.3 is 9.45 Å². The van der Waals surface area contributed by atoms with Crippen LogP contribution in [0.3, 0.4) is 0 Å². The molecule has 0 spiro atoms. The molecule has 0 saturated carbocycles. The van der Waals surface area contributed by atoms with Crippen LogP contribution < -0.4 is 9.47 Å². The molecule has 154 valence electrons. The summed E-state index contributed by atoms with van der Waals surface area (Å²) in [7, 11) is -0.213. The molecule has 4 rings (SSSR count). The van der Waals surface area contributed by atoms with Gasteiger partial charge in [-0.2, -0.15) is 4.57 Å². The summed E-state index contributed by atoms with van der Waals surface area (Å²) in [6.07, 6.45) is 2.25. The monoisotopic (exact) mass is 470 g/mol. The Balaban J connectivity index is 0.000000298. The molecule has 0 aliphatic carbocycles. The van der Waals surface area contributed by atoms with Crippen LogP contribution in [0.5, 0.6) is 0 Å². The van der Waals surface area contributed by atoms with E-state index in [9.17, 15) is 13.0 Å². The van der Waals surface area contributed by atoms with Crippen LogP contribution in [0.2, 0.25) is 5.02 Å². The van der Waals surface area contributed by atoms with E-state index >= 15 is 0 Å². The van der Waals surface area contributed by atoms with Crippen LogP contribution in [0, 0.1) is 0 Å². The number of hydrogen-bond donors (Lipinski definition) is 0. The third-order valence-electron chi connectivity index (χ3n) is 4.11. The zero-order chi connectivity index (χ0) is 21.2. The average molecular weight is 471 g/mol. The first kappa shape index (κ1) is 22.1. The Bertz CT molecular complexity index is 1180. The number of rotatable bonds is 3. The first-order valence-electron chi connectivity index (χ1n) is 8.60. The summed E-state index contributed by atoms with van der Waals surface area (Å²) in [6.45, 7) is 1.33. The van der Waals surface area contributed by atoms with E-state index in [1.54, 1.807) is 11.8 Å². The lowest BCUT2D eigenvalue weighted by molar-refractivity contribution is -0.642. The number of para-hydroxylation sites is 1. The maximum atomic E-state index is 9.45. The average Bonchev–Trinajstić information content (AvgIpc) is 3.13. The quantitative estimate of drug-likeness (QED) is 0.321. The van der Waals surface area contributed by atoms with Gasteiger partial charge in [0.2, 0.25) is 15.9 Å². The van der Waals surface area contributed by atoms with E-state index in [2.05, 4.69) is 64.2 Å². The Labute approximate surface area is 183 Å². The molecule has 0 bridgehead atoms. The number of nitrogens with zero attached hydrogens (tertiary/aromatic N) is 2. The summed E-state index contributed by atoms with van der Waals surface area (Å²) in [5.41, 5.74) is 2.44. The summed E-state index contributed by atoms with van der Waals surface area (Å²) < 4.78 is 35.6. The fourth-order valence-corrected chi connectivity index (χ4v) is 5.45. The van der Waals surface area contributed by atoms with Crippen LogP contribution in [0.1, 0.15) is 11.9 Å². The number of benzene rings is 2. The molecule has 0 atom stereocenters. The SMILES string of the molecule is CCOS(=O)(=O)[O-].CN1/C(=C/c2sc3ccccc3[n+]2C)Sc2ccc(Cl)cc21. The third kappa shape index (κ3) is 5.30. The van der Waals surface area contributed by atoms with Crippen molar-refractivity contribution in [2.24, 2.45) is 7.05 Å². The molecule has 6 nitrogen and oxygen atoms in total. The van der Waals surface area contributed by atoms with E-state index in [-0.39, 0.29) is 6.61 Å². The van der Waals surface area contributed by atoms with E-state index in [1.165, 1.54) is 37.8 Å². The molecule has 2 aromatic carbocycles. The molecule has 3 aromatic rings. The standard InChI is InChI=1S/C17H14ClN2S2.C2H6O4S/c1-19-12-5-3-4-6-14(12)21-16(19)10-17-20(2)13-9-11(18)7-8-15(13)22-17;1-2-6-7(3,4)5/h3-10H,1-2H3;2H2,1H3,(H,3,4,5)/q+1;/p-1. The van der Waals surface area contributed by atoms with Gasteiger partial charge in [0.05, 0.1) is 23.4 Å². The van der Waals surface area contributed by atoms with Crippen LogP contribution in [-0.4, -0.2) is 26.6 Å². The van der Waals surface area contributed by atoms with Crippen molar-refractivity contribution in [3.8, 4) is 0 Å². The molecule has 0 amide bonds. The molecule has 1 aliphatic rings. The van der Waals surface area contributed by atoms with E-state index in [4.69, 9.17) is 11.6 Å². The van der Waals surface area contributed by atoms with Crippen LogP contribution in [0.15, 0.2) is 52.4 Å². The number of hydrogen-bond acceptors (Lipinski definition) is 7. The molecule has 10 heteroatoms. The first-order chi connectivity index (χ1) is 13.7. The Hall–Kier alpha value is -1.62. The van der Waals surface area contributed by atoms with Gasteiger partial charge in [-0.05, 0) is 31.2 Å². The van der Waals surface area contributed by atoms with Gasteiger partial charge in [-0.1, -0.05) is 46.8 Å². The molecule has 1 aromatic heterocycles. The molecule has 0 fully saturated rings. The van der Waals surface area contributed by atoms with Gasteiger partial charge in [-0.25, -0.2) is 8.42 Å². The first-order valence-corrected chi connectivity index (χ1v) is 11.9. The van der Waals surface area contributed by atoms with Crippen LogP contribution in [-0.2, 0) is 21.6 Å². The van der Waals surface area contributed by atoms with Gasteiger partial charge in [-0.15, -0.1) is 0 Å². The highest BCUT2D eigenvalue weighted by Gasteiger charge is 2.24. The molecule has 0 radical (unpaired) electrons. The normalized spacial score (nSPS) is 14.8. The topological polar surface area (TPSA) is 73.5 Å². The highest BCUT2D eigenvalue weighted by molar-refractivity contribution is 8.03. The smallest absolute Gasteiger partial charge is 0.265 e. The molecule has 2 heterocycles. The molecule has 0 saturated heterocycles. The number of fused-ring (bicyclic) bond motifs is 2. The largest absolute Gasteiger partial charge is 0.726 e. The Morgan fingerprint density at radius 2 is 2.00 bits per heavy atom. The number of aromatic nitrogens is 1. The van der Waals surface area contributed by atoms with Crippen molar-refractivity contribution in [1.29, 1.82) is 0 Å². The van der Waals surface area contributed by atoms with Gasteiger partial charge in [0, 0.05) is 23.0 Å². The fraction of sp³-hybridized carbons (Fsp3) is 0.211. The second-order valence-electron chi connectivity index (χ2n) is 6.04. The number of thioether (sulfide) groups is 1. The van der Waals surface area contributed by atoms with E-state index < -0.39 is 10.4 Å². The van der Waals surface area contributed by atoms with E-state index in [1.807, 2.05) is 23.5 Å². The van der Waals surface area contributed by atoms with Crippen molar-refractivity contribution in [3.63, 3.8) is 0 Å². The summed E-state index contributed by atoms with van der Waals surface area (Å²) in [5.74, 6) is 0. The zero-order valence-electron chi connectivity index (χ0n) is 16.0. The number of aryl methyl sites for hydroxylation is 1. The van der Waals surface area contributed by atoms with Gasteiger partial charge in [0.15, 0.2) is 0 Å². The number of anilines is 1. The predicted octanol–water partition coefficient (Wildman–Crippen LogP) is 4.40. The molecule has 0 unspecified atom stereocenters. The minimum atomic E-state index is -4.42.